The average Bonchev–Trinajstić information content (AvgIpc) is 3.89. The van der Waals surface area contributed by atoms with Crippen molar-refractivity contribution in [1.29, 1.82) is 0 Å². The molecule has 2 aromatic carbocycles. The number of carbonyl (C=O) groups is 8. The number of carbonyl (C=O) groups excluding carboxylic acids is 8. The van der Waals surface area contributed by atoms with E-state index in [0.29, 0.717) is 83.4 Å². The van der Waals surface area contributed by atoms with Gasteiger partial charge in [-0.25, -0.2) is 9.80 Å². The first kappa shape index (κ1) is 39.1. The van der Waals surface area contributed by atoms with Gasteiger partial charge in [-0.2, -0.15) is 0 Å². The molecule has 15 nitrogen and oxygen atoms in total. The Bertz CT molecular complexity index is 1690. The standard InChI is InChI=1S/C21H14N2O4.C18H24N2O7/c24-18-9-10-19(25)22(18)16-5-1-14(2-6-16)13-15-3-7-17(8-4-15)23-20(26)11-12-21(23)27;21-15-3-4-16(22)19(15)7-1-9-25-11-13-27-14-12-26-10-2-8-20-17(23)5-6-18(20)24/h1-12H,13H2;3-6H,1-2,7-14H2. The van der Waals surface area contributed by atoms with Crippen molar-refractivity contribution in [2.75, 3.05) is 62.5 Å². The first-order valence-electron chi connectivity index (χ1n) is 17.2. The van der Waals surface area contributed by atoms with Crippen LogP contribution in [0.2, 0.25) is 0 Å². The number of hydrogen-bond donors (Lipinski definition) is 0. The van der Waals surface area contributed by atoms with Gasteiger partial charge in [0.15, 0.2) is 0 Å². The molecule has 0 saturated carbocycles. The topological polar surface area (TPSA) is 177 Å². The number of hydrogen-bond acceptors (Lipinski definition) is 11. The fourth-order valence-corrected chi connectivity index (χ4v) is 5.57. The highest BCUT2D eigenvalue weighted by atomic mass is 16.5. The van der Waals surface area contributed by atoms with Crippen LogP contribution in [0, 0.1) is 0 Å². The maximum atomic E-state index is 11.7. The molecule has 2 aromatic rings. The van der Waals surface area contributed by atoms with Crippen LogP contribution < -0.4 is 9.80 Å². The summed E-state index contributed by atoms with van der Waals surface area (Å²) in [6.07, 6.45) is 11.9. The van der Waals surface area contributed by atoms with Gasteiger partial charge in [-0.05, 0) is 54.7 Å². The van der Waals surface area contributed by atoms with Crippen molar-refractivity contribution in [1.82, 2.24) is 9.80 Å². The van der Waals surface area contributed by atoms with E-state index in [4.69, 9.17) is 14.2 Å². The number of rotatable bonds is 18. The SMILES string of the molecule is O=C1C=CC(=O)N1CCCOCCOCCOCCCN1C(=O)C=CC1=O.O=C1C=CC(=O)N1c1ccc(Cc2ccc(N3C(=O)C=CC3=O)cc2)cc1. The Balaban J connectivity index is 0.000000208. The molecule has 54 heavy (non-hydrogen) atoms. The van der Waals surface area contributed by atoms with E-state index in [9.17, 15) is 38.4 Å². The fourth-order valence-electron chi connectivity index (χ4n) is 5.57. The molecule has 4 aliphatic rings. The second-order valence-electron chi connectivity index (χ2n) is 12.1. The van der Waals surface area contributed by atoms with Gasteiger partial charge in [-0.1, -0.05) is 24.3 Å². The summed E-state index contributed by atoms with van der Waals surface area (Å²) in [5.41, 5.74) is 3.09. The van der Waals surface area contributed by atoms with Crippen LogP contribution in [0.3, 0.4) is 0 Å². The van der Waals surface area contributed by atoms with Crippen molar-refractivity contribution < 1.29 is 52.6 Å². The Labute approximate surface area is 310 Å². The summed E-state index contributed by atoms with van der Waals surface area (Å²) in [5, 5.41) is 0. The summed E-state index contributed by atoms with van der Waals surface area (Å²) < 4.78 is 16.1. The predicted octanol–water partition coefficient (Wildman–Crippen LogP) is 1.80. The van der Waals surface area contributed by atoms with Gasteiger partial charge >= 0.3 is 0 Å². The zero-order chi connectivity index (χ0) is 38.5. The highest BCUT2D eigenvalue weighted by molar-refractivity contribution is 6.28. The predicted molar refractivity (Wildman–Crippen MR) is 192 cm³/mol. The van der Waals surface area contributed by atoms with Gasteiger partial charge < -0.3 is 14.2 Å². The van der Waals surface area contributed by atoms with Crippen LogP contribution in [0.15, 0.2) is 97.1 Å². The number of anilines is 2. The van der Waals surface area contributed by atoms with Crippen LogP contribution in [0.1, 0.15) is 24.0 Å². The monoisotopic (exact) mass is 738 g/mol. The maximum Gasteiger partial charge on any atom is 0.258 e. The molecule has 0 N–H and O–H groups in total. The molecule has 280 valence electrons. The molecule has 6 rings (SSSR count). The summed E-state index contributed by atoms with van der Waals surface area (Å²) >= 11 is 0. The number of imide groups is 4. The fraction of sp³-hybridized carbons (Fsp3) is 0.282. The van der Waals surface area contributed by atoms with Gasteiger partial charge in [0.1, 0.15) is 0 Å². The Morgan fingerprint density at radius 2 is 0.630 bits per heavy atom. The van der Waals surface area contributed by atoms with E-state index >= 15 is 0 Å². The quantitative estimate of drug-likeness (QED) is 0.161. The Morgan fingerprint density at radius 1 is 0.352 bits per heavy atom. The summed E-state index contributed by atoms with van der Waals surface area (Å²) in [6.45, 7) is 3.29. The van der Waals surface area contributed by atoms with Gasteiger partial charge in [0.2, 0.25) is 0 Å². The van der Waals surface area contributed by atoms with E-state index in [2.05, 4.69) is 0 Å². The van der Waals surface area contributed by atoms with Crippen LogP contribution in [-0.4, -0.2) is 110 Å². The molecule has 8 amide bonds. The van der Waals surface area contributed by atoms with Crippen molar-refractivity contribution in [2.45, 2.75) is 19.3 Å². The Hall–Kier alpha value is -6.16. The zero-order valence-electron chi connectivity index (χ0n) is 29.3. The van der Waals surface area contributed by atoms with Crippen LogP contribution in [0.4, 0.5) is 11.4 Å². The van der Waals surface area contributed by atoms with Crippen molar-refractivity contribution in [3.8, 4) is 0 Å². The molecule has 0 saturated heterocycles. The van der Waals surface area contributed by atoms with E-state index in [0.717, 1.165) is 20.9 Å². The van der Waals surface area contributed by atoms with E-state index in [-0.39, 0.29) is 47.3 Å². The molecule has 0 aromatic heterocycles. The third kappa shape index (κ3) is 10.5. The third-order valence-electron chi connectivity index (χ3n) is 8.30. The van der Waals surface area contributed by atoms with Crippen LogP contribution in [0.25, 0.3) is 0 Å². The molecule has 0 bridgehead atoms. The normalized spacial score (nSPS) is 16.3. The molecule has 15 heteroatoms. The van der Waals surface area contributed by atoms with Gasteiger partial charge in [-0.3, -0.25) is 48.2 Å². The molecule has 0 atom stereocenters. The highest BCUT2D eigenvalue weighted by Crippen LogP contribution is 2.23. The first-order valence-corrected chi connectivity index (χ1v) is 17.2. The average molecular weight is 739 g/mol. The van der Waals surface area contributed by atoms with Crippen LogP contribution in [0.5, 0.6) is 0 Å². The molecule has 0 unspecified atom stereocenters. The molecule has 0 fully saturated rings. The van der Waals surface area contributed by atoms with E-state index in [1.807, 2.05) is 24.3 Å². The Morgan fingerprint density at radius 3 is 0.944 bits per heavy atom. The highest BCUT2D eigenvalue weighted by Gasteiger charge is 2.26. The van der Waals surface area contributed by atoms with E-state index in [1.165, 1.54) is 58.4 Å². The summed E-state index contributed by atoms with van der Waals surface area (Å²) in [5.74, 6) is -2.49. The largest absolute Gasteiger partial charge is 0.379 e. The zero-order valence-corrected chi connectivity index (χ0v) is 29.3. The second-order valence-corrected chi connectivity index (χ2v) is 12.1. The molecular weight excluding hydrogens is 700 g/mol. The van der Waals surface area contributed by atoms with Crippen LogP contribution >= 0.6 is 0 Å². The molecule has 4 aliphatic heterocycles. The lowest BCUT2D eigenvalue weighted by molar-refractivity contribution is -0.138. The lowest BCUT2D eigenvalue weighted by Crippen LogP contribution is -2.31. The van der Waals surface area contributed by atoms with Gasteiger partial charge in [-0.15, -0.1) is 0 Å². The third-order valence-corrected chi connectivity index (χ3v) is 8.30. The second kappa shape index (κ2) is 19.1. The van der Waals surface area contributed by atoms with Crippen molar-refractivity contribution in [2.24, 2.45) is 0 Å². The molecule has 0 spiro atoms. The molecule has 0 aliphatic carbocycles. The van der Waals surface area contributed by atoms with Gasteiger partial charge in [0, 0.05) is 74.9 Å². The number of ether oxygens (including phenoxy) is 3. The van der Waals surface area contributed by atoms with Gasteiger partial charge in [0.25, 0.3) is 47.3 Å². The minimum absolute atomic E-state index is 0.279. The summed E-state index contributed by atoms with van der Waals surface area (Å²) in [4.78, 5) is 96.7. The minimum atomic E-state index is -0.344. The Kier molecular flexibility index (Phi) is 13.8. The lowest BCUT2D eigenvalue weighted by atomic mass is 10.0. The maximum absolute atomic E-state index is 11.7. The number of amides is 8. The van der Waals surface area contributed by atoms with E-state index < -0.39 is 0 Å². The summed E-state index contributed by atoms with van der Waals surface area (Å²) in [7, 11) is 0. The number of nitrogens with zero attached hydrogens (tertiary/aromatic N) is 4. The smallest absolute Gasteiger partial charge is 0.258 e. The molecule has 4 heterocycles. The van der Waals surface area contributed by atoms with Gasteiger partial charge in [0.05, 0.1) is 37.8 Å². The van der Waals surface area contributed by atoms with Crippen molar-refractivity contribution in [3.63, 3.8) is 0 Å². The molecule has 0 radical (unpaired) electrons. The molecular formula is C39H38N4O11. The first-order chi connectivity index (χ1) is 26.1. The summed E-state index contributed by atoms with van der Waals surface area (Å²) in [6, 6.07) is 14.4. The van der Waals surface area contributed by atoms with Crippen molar-refractivity contribution in [3.05, 3.63) is 108 Å². The lowest BCUT2D eigenvalue weighted by Gasteiger charge is -2.15. The van der Waals surface area contributed by atoms with E-state index in [1.54, 1.807) is 24.3 Å². The van der Waals surface area contributed by atoms with Crippen LogP contribution in [-0.2, 0) is 59.0 Å². The van der Waals surface area contributed by atoms with Crippen molar-refractivity contribution >= 4 is 58.6 Å². The number of benzene rings is 2. The minimum Gasteiger partial charge on any atom is -0.379 e.